The van der Waals surface area contributed by atoms with Crippen LogP contribution in [0.3, 0.4) is 0 Å². The van der Waals surface area contributed by atoms with Crippen LogP contribution in [0.2, 0.25) is 5.02 Å². The second-order valence-corrected chi connectivity index (χ2v) is 5.08. The Bertz CT molecular complexity index is 701. The average molecular weight is 329 g/mol. The molecule has 0 aliphatic heterocycles. The molecule has 0 aliphatic rings. The predicted octanol–water partition coefficient (Wildman–Crippen LogP) is 3.99. The Kier molecular flexibility index (Phi) is 4.71. The maximum absolute atomic E-state index is 12.6. The maximum Gasteiger partial charge on any atom is 0.417 e. The quantitative estimate of drug-likeness (QED) is 0.925. The number of aryl methyl sites for hydroxylation is 1. The molecule has 2 rings (SSSR count). The maximum atomic E-state index is 12.6. The Balaban J connectivity index is 2.11. The van der Waals surface area contributed by atoms with E-state index >= 15 is 0 Å². The number of nitrogens with zero attached hydrogens (tertiary/aromatic N) is 1. The third kappa shape index (κ3) is 3.76. The number of amides is 1. The van der Waals surface area contributed by atoms with E-state index in [1.807, 2.05) is 6.92 Å². The van der Waals surface area contributed by atoms with Crippen LogP contribution in [-0.2, 0) is 12.7 Å². The highest BCUT2D eigenvalue weighted by Gasteiger charge is 2.33. The van der Waals surface area contributed by atoms with Gasteiger partial charge in [0, 0.05) is 24.5 Å². The number of nitrogens with one attached hydrogen (secondary N) is 1. The van der Waals surface area contributed by atoms with Crippen LogP contribution in [0.5, 0.6) is 0 Å². The number of hydrogen-bond acceptors (Lipinski definition) is 2. The first-order chi connectivity index (χ1) is 10.3. The molecule has 1 amide bonds. The van der Waals surface area contributed by atoms with Crippen LogP contribution in [0.1, 0.15) is 27.0 Å². The first-order valence-electron chi connectivity index (χ1n) is 6.33. The minimum Gasteiger partial charge on any atom is -0.348 e. The molecule has 1 aromatic carbocycles. The molecule has 1 aromatic heterocycles. The van der Waals surface area contributed by atoms with E-state index in [9.17, 15) is 18.0 Å². The fraction of sp³-hybridized carbons (Fsp3) is 0.200. The van der Waals surface area contributed by atoms with E-state index in [1.165, 1.54) is 0 Å². The first kappa shape index (κ1) is 16.3. The van der Waals surface area contributed by atoms with Gasteiger partial charge in [0.1, 0.15) is 0 Å². The normalized spacial score (nSPS) is 11.3. The fourth-order valence-corrected chi connectivity index (χ4v) is 2.13. The molecule has 0 saturated heterocycles. The number of benzene rings is 1. The molecule has 0 spiro atoms. The smallest absolute Gasteiger partial charge is 0.348 e. The van der Waals surface area contributed by atoms with Gasteiger partial charge in [-0.1, -0.05) is 11.6 Å². The molecule has 0 atom stereocenters. The van der Waals surface area contributed by atoms with Crippen LogP contribution in [0.25, 0.3) is 0 Å². The average Bonchev–Trinajstić information content (AvgIpc) is 2.44. The van der Waals surface area contributed by atoms with Crippen molar-refractivity contribution >= 4 is 17.5 Å². The molecule has 3 nitrogen and oxygen atoms in total. The Morgan fingerprint density at radius 1 is 1.32 bits per heavy atom. The highest BCUT2D eigenvalue weighted by Crippen LogP contribution is 2.34. The monoisotopic (exact) mass is 328 g/mol. The number of alkyl halides is 3. The Morgan fingerprint density at radius 3 is 2.64 bits per heavy atom. The molecule has 0 bridgehead atoms. The summed E-state index contributed by atoms with van der Waals surface area (Å²) in [5.74, 6) is -0.501. The summed E-state index contributed by atoms with van der Waals surface area (Å²) in [6.07, 6.45) is -1.29. The lowest BCUT2D eigenvalue weighted by Gasteiger charge is -2.11. The molecule has 22 heavy (non-hydrogen) atoms. The predicted molar refractivity (Wildman–Crippen MR) is 76.6 cm³/mol. The highest BCUT2D eigenvalue weighted by molar-refractivity contribution is 6.31. The van der Waals surface area contributed by atoms with Gasteiger partial charge in [0.15, 0.2) is 0 Å². The SMILES string of the molecule is Cc1ccncc1CNC(=O)c1ccc(C(F)(F)F)c(Cl)c1. The number of hydrogen-bond donors (Lipinski definition) is 1. The van der Waals surface area contributed by atoms with Gasteiger partial charge >= 0.3 is 6.18 Å². The number of pyridine rings is 1. The van der Waals surface area contributed by atoms with Gasteiger partial charge < -0.3 is 5.32 Å². The van der Waals surface area contributed by atoms with E-state index in [4.69, 9.17) is 11.6 Å². The van der Waals surface area contributed by atoms with Crippen molar-refractivity contribution in [3.8, 4) is 0 Å². The van der Waals surface area contributed by atoms with Gasteiger partial charge in [-0.05, 0) is 42.3 Å². The summed E-state index contributed by atoms with van der Waals surface area (Å²) >= 11 is 5.59. The molecular formula is C15H12ClF3N2O. The molecule has 0 aliphatic carbocycles. The molecule has 2 aromatic rings. The largest absolute Gasteiger partial charge is 0.417 e. The summed E-state index contributed by atoms with van der Waals surface area (Å²) < 4.78 is 37.8. The van der Waals surface area contributed by atoms with Crippen LogP contribution >= 0.6 is 11.6 Å². The Hall–Kier alpha value is -2.08. The van der Waals surface area contributed by atoms with E-state index in [0.717, 1.165) is 29.3 Å². The van der Waals surface area contributed by atoms with Gasteiger partial charge in [0.05, 0.1) is 10.6 Å². The van der Waals surface area contributed by atoms with Gasteiger partial charge in [-0.25, -0.2) is 0 Å². The number of carbonyl (C=O) groups is 1. The van der Waals surface area contributed by atoms with E-state index < -0.39 is 22.7 Å². The number of aromatic nitrogens is 1. The van der Waals surface area contributed by atoms with E-state index in [2.05, 4.69) is 10.3 Å². The lowest BCUT2D eigenvalue weighted by atomic mass is 10.1. The highest BCUT2D eigenvalue weighted by atomic mass is 35.5. The molecule has 0 radical (unpaired) electrons. The molecule has 0 saturated carbocycles. The lowest BCUT2D eigenvalue weighted by Crippen LogP contribution is -2.23. The topological polar surface area (TPSA) is 42.0 Å². The van der Waals surface area contributed by atoms with Crippen molar-refractivity contribution in [2.45, 2.75) is 19.6 Å². The second kappa shape index (κ2) is 6.36. The van der Waals surface area contributed by atoms with E-state index in [0.29, 0.717) is 0 Å². The van der Waals surface area contributed by atoms with Crippen molar-refractivity contribution in [3.63, 3.8) is 0 Å². The third-order valence-electron chi connectivity index (χ3n) is 3.12. The summed E-state index contributed by atoms with van der Waals surface area (Å²) in [5, 5.41) is 2.12. The van der Waals surface area contributed by atoms with Crippen LogP contribution in [-0.4, -0.2) is 10.9 Å². The van der Waals surface area contributed by atoms with Crippen LogP contribution < -0.4 is 5.32 Å². The fourth-order valence-electron chi connectivity index (χ4n) is 1.85. The third-order valence-corrected chi connectivity index (χ3v) is 3.44. The molecule has 1 heterocycles. The van der Waals surface area contributed by atoms with Gasteiger partial charge in [-0.15, -0.1) is 0 Å². The van der Waals surface area contributed by atoms with E-state index in [1.54, 1.807) is 18.5 Å². The zero-order valence-corrected chi connectivity index (χ0v) is 12.3. The summed E-state index contributed by atoms with van der Waals surface area (Å²) in [6.45, 7) is 2.11. The molecule has 0 fully saturated rings. The van der Waals surface area contributed by atoms with Gasteiger partial charge in [-0.3, -0.25) is 9.78 Å². The molecule has 7 heteroatoms. The molecule has 1 N–H and O–H groups in total. The van der Waals surface area contributed by atoms with Gasteiger partial charge in [0.2, 0.25) is 0 Å². The molecular weight excluding hydrogens is 317 g/mol. The van der Waals surface area contributed by atoms with Crippen LogP contribution in [0, 0.1) is 6.92 Å². The summed E-state index contributed by atoms with van der Waals surface area (Å²) in [6, 6.07) is 4.71. The van der Waals surface area contributed by atoms with Crippen LogP contribution in [0.4, 0.5) is 13.2 Å². The zero-order chi connectivity index (χ0) is 16.3. The minimum atomic E-state index is -4.54. The lowest BCUT2D eigenvalue weighted by molar-refractivity contribution is -0.137. The Morgan fingerprint density at radius 2 is 2.05 bits per heavy atom. The number of halogens is 4. The number of carbonyl (C=O) groups excluding carboxylic acids is 1. The van der Waals surface area contributed by atoms with Crippen molar-refractivity contribution < 1.29 is 18.0 Å². The van der Waals surface area contributed by atoms with Crippen LogP contribution in [0.15, 0.2) is 36.7 Å². The zero-order valence-electron chi connectivity index (χ0n) is 11.5. The molecule has 0 unspecified atom stereocenters. The first-order valence-corrected chi connectivity index (χ1v) is 6.71. The van der Waals surface area contributed by atoms with Crippen molar-refractivity contribution in [2.24, 2.45) is 0 Å². The van der Waals surface area contributed by atoms with E-state index in [-0.39, 0.29) is 12.1 Å². The standard InChI is InChI=1S/C15H12ClF3N2O/c1-9-4-5-20-7-11(9)8-21-14(22)10-2-3-12(13(16)6-10)15(17,18)19/h2-7H,8H2,1H3,(H,21,22). The van der Waals surface area contributed by atoms with Crippen molar-refractivity contribution in [2.75, 3.05) is 0 Å². The Labute approximate surface area is 130 Å². The van der Waals surface area contributed by atoms with Gasteiger partial charge in [-0.2, -0.15) is 13.2 Å². The summed E-state index contributed by atoms with van der Waals surface area (Å²) in [4.78, 5) is 15.9. The molecule has 116 valence electrons. The summed E-state index contributed by atoms with van der Waals surface area (Å²) in [7, 11) is 0. The van der Waals surface area contributed by atoms with Gasteiger partial charge in [0.25, 0.3) is 5.91 Å². The summed E-state index contributed by atoms with van der Waals surface area (Å²) in [5.41, 5.74) is 0.892. The van der Waals surface area contributed by atoms with Crippen molar-refractivity contribution in [3.05, 3.63) is 63.9 Å². The number of rotatable bonds is 3. The van der Waals surface area contributed by atoms with Crippen molar-refractivity contribution in [1.29, 1.82) is 0 Å². The van der Waals surface area contributed by atoms with Crippen molar-refractivity contribution in [1.82, 2.24) is 10.3 Å². The second-order valence-electron chi connectivity index (χ2n) is 4.68. The minimum absolute atomic E-state index is 0.0690.